The van der Waals surface area contributed by atoms with Crippen LogP contribution in [0, 0.1) is 6.92 Å². The maximum Gasteiger partial charge on any atom is 0.243 e. The van der Waals surface area contributed by atoms with Gasteiger partial charge in [0.05, 0.1) is 10.0 Å². The van der Waals surface area contributed by atoms with Gasteiger partial charge in [0.15, 0.2) is 0 Å². The molecule has 0 bridgehead atoms. The average molecular weight is 522 g/mol. The largest absolute Gasteiger partial charge is 0.352 e. The molecule has 0 saturated heterocycles. The quantitative estimate of drug-likeness (QED) is 0.341. The van der Waals surface area contributed by atoms with Crippen molar-refractivity contribution in [3.8, 4) is 0 Å². The molecule has 1 fully saturated rings. The van der Waals surface area contributed by atoms with E-state index in [0.29, 0.717) is 35.2 Å². The third-order valence-corrected chi connectivity index (χ3v) is 8.03. The summed E-state index contributed by atoms with van der Waals surface area (Å²) >= 11 is 14.0. The van der Waals surface area contributed by atoms with Crippen LogP contribution in [0.4, 0.5) is 0 Å². The molecule has 0 unspecified atom stereocenters. The first kappa shape index (κ1) is 26.9. The van der Waals surface area contributed by atoms with E-state index < -0.39 is 6.04 Å². The van der Waals surface area contributed by atoms with Crippen molar-refractivity contribution in [3.63, 3.8) is 0 Å². The maximum atomic E-state index is 13.4. The fraction of sp³-hybridized carbons (Fsp3) is 0.481. The van der Waals surface area contributed by atoms with Gasteiger partial charge in [-0.25, -0.2) is 0 Å². The Hall–Kier alpha value is -1.69. The molecule has 1 aliphatic carbocycles. The fourth-order valence-electron chi connectivity index (χ4n) is 4.33. The minimum Gasteiger partial charge on any atom is -0.352 e. The Morgan fingerprint density at radius 2 is 1.76 bits per heavy atom. The zero-order valence-electron chi connectivity index (χ0n) is 20.0. The van der Waals surface area contributed by atoms with Gasteiger partial charge in [-0.3, -0.25) is 9.59 Å². The zero-order valence-corrected chi connectivity index (χ0v) is 22.3. The molecule has 1 atom stereocenters. The Morgan fingerprint density at radius 3 is 2.41 bits per heavy atom. The lowest BCUT2D eigenvalue weighted by atomic mass is 9.95. The second-order valence-corrected chi connectivity index (χ2v) is 10.9. The molecule has 0 radical (unpaired) electrons. The van der Waals surface area contributed by atoms with Crippen LogP contribution < -0.4 is 5.32 Å². The van der Waals surface area contributed by atoms with Crippen molar-refractivity contribution in [2.45, 2.75) is 82.3 Å². The molecule has 0 aliphatic heterocycles. The fourth-order valence-corrected chi connectivity index (χ4v) is 5.49. The number of nitrogens with one attached hydrogen (secondary N) is 1. The standard InChI is InChI=1S/C27H34Cl2N2O2S/c1-3-25(27(33)30-21-7-5-4-6-8-21)31(18-20-11-14-23(28)24(29)17-20)26(32)15-16-34-22-12-9-19(2)10-13-22/h9-14,17,21,25H,3-8,15-16,18H2,1-2H3,(H,30,33)/t25-/m0/s1. The van der Waals surface area contributed by atoms with Gasteiger partial charge in [0.1, 0.15) is 6.04 Å². The number of aryl methyl sites for hydroxylation is 1. The van der Waals surface area contributed by atoms with Crippen molar-refractivity contribution in [1.82, 2.24) is 10.2 Å². The van der Waals surface area contributed by atoms with Gasteiger partial charge in [0.2, 0.25) is 11.8 Å². The zero-order chi connectivity index (χ0) is 24.5. The number of carbonyl (C=O) groups is 2. The van der Waals surface area contributed by atoms with Crippen molar-refractivity contribution >= 4 is 46.8 Å². The van der Waals surface area contributed by atoms with Crippen LogP contribution in [-0.2, 0) is 16.1 Å². The summed E-state index contributed by atoms with van der Waals surface area (Å²) in [5, 5.41) is 4.13. The number of rotatable bonds is 10. The van der Waals surface area contributed by atoms with E-state index in [1.54, 1.807) is 28.8 Å². The summed E-state index contributed by atoms with van der Waals surface area (Å²) in [5.74, 6) is 0.561. The molecule has 2 aromatic carbocycles. The first-order chi connectivity index (χ1) is 16.4. The van der Waals surface area contributed by atoms with E-state index >= 15 is 0 Å². The minimum atomic E-state index is -0.520. The van der Waals surface area contributed by atoms with Gasteiger partial charge in [0, 0.05) is 29.7 Å². The van der Waals surface area contributed by atoms with Gasteiger partial charge >= 0.3 is 0 Å². The third-order valence-electron chi connectivity index (χ3n) is 6.28. The molecule has 0 aromatic heterocycles. The second-order valence-electron chi connectivity index (χ2n) is 8.95. The van der Waals surface area contributed by atoms with Gasteiger partial charge in [-0.2, -0.15) is 0 Å². The predicted octanol–water partition coefficient (Wildman–Crippen LogP) is 7.04. The summed E-state index contributed by atoms with van der Waals surface area (Å²) in [5.41, 5.74) is 2.07. The van der Waals surface area contributed by atoms with E-state index in [-0.39, 0.29) is 17.9 Å². The highest BCUT2D eigenvalue weighted by molar-refractivity contribution is 7.99. The molecule has 1 saturated carbocycles. The Morgan fingerprint density at radius 1 is 1.06 bits per heavy atom. The molecular formula is C27H34Cl2N2O2S. The lowest BCUT2D eigenvalue weighted by molar-refractivity contribution is -0.141. The number of hydrogen-bond acceptors (Lipinski definition) is 3. The number of hydrogen-bond donors (Lipinski definition) is 1. The smallest absolute Gasteiger partial charge is 0.243 e. The van der Waals surface area contributed by atoms with Crippen LogP contribution in [-0.4, -0.2) is 34.6 Å². The molecular weight excluding hydrogens is 487 g/mol. The molecule has 1 N–H and O–H groups in total. The van der Waals surface area contributed by atoms with Gasteiger partial charge in [0.25, 0.3) is 0 Å². The minimum absolute atomic E-state index is 0.0312. The monoisotopic (exact) mass is 520 g/mol. The molecule has 1 aliphatic rings. The van der Waals surface area contributed by atoms with Gasteiger partial charge in [-0.05, 0) is 56.0 Å². The molecule has 0 spiro atoms. The van der Waals surface area contributed by atoms with Crippen LogP contribution in [0.3, 0.4) is 0 Å². The lowest BCUT2D eigenvalue weighted by Gasteiger charge is -2.33. The second kappa shape index (κ2) is 13.4. The number of amides is 2. The van der Waals surface area contributed by atoms with E-state index in [1.165, 1.54) is 12.0 Å². The Kier molecular flexibility index (Phi) is 10.6. The predicted molar refractivity (Wildman–Crippen MR) is 143 cm³/mol. The van der Waals surface area contributed by atoms with E-state index in [9.17, 15) is 9.59 Å². The van der Waals surface area contributed by atoms with Crippen molar-refractivity contribution in [2.75, 3.05) is 5.75 Å². The summed E-state index contributed by atoms with van der Waals surface area (Å²) < 4.78 is 0. The normalized spacial score (nSPS) is 15.1. The Labute approximate surface area is 217 Å². The van der Waals surface area contributed by atoms with Crippen LogP contribution in [0.2, 0.25) is 10.0 Å². The lowest BCUT2D eigenvalue weighted by Crippen LogP contribution is -2.51. The number of thioether (sulfide) groups is 1. The number of benzene rings is 2. The molecule has 3 rings (SSSR count). The Balaban J connectivity index is 1.71. The topological polar surface area (TPSA) is 49.4 Å². The van der Waals surface area contributed by atoms with Crippen LogP contribution in [0.1, 0.15) is 63.0 Å². The summed E-state index contributed by atoms with van der Waals surface area (Å²) in [6.07, 6.45) is 6.44. The van der Waals surface area contributed by atoms with Crippen molar-refractivity contribution in [1.29, 1.82) is 0 Å². The SMILES string of the molecule is CC[C@@H](C(=O)NC1CCCCC1)N(Cc1ccc(Cl)c(Cl)c1)C(=O)CCSc1ccc(C)cc1. The summed E-state index contributed by atoms with van der Waals surface area (Å²) in [4.78, 5) is 29.5. The van der Waals surface area contributed by atoms with Crippen molar-refractivity contribution in [3.05, 3.63) is 63.6 Å². The number of halogens is 2. The highest BCUT2D eigenvalue weighted by atomic mass is 35.5. The third kappa shape index (κ3) is 7.93. The molecule has 7 heteroatoms. The Bertz CT molecular complexity index is 962. The van der Waals surface area contributed by atoms with Crippen molar-refractivity contribution < 1.29 is 9.59 Å². The molecule has 184 valence electrons. The van der Waals surface area contributed by atoms with Gasteiger partial charge in [-0.15, -0.1) is 11.8 Å². The highest BCUT2D eigenvalue weighted by Gasteiger charge is 2.30. The van der Waals surface area contributed by atoms with E-state index in [1.807, 2.05) is 13.0 Å². The molecule has 0 heterocycles. The highest BCUT2D eigenvalue weighted by Crippen LogP contribution is 2.25. The maximum absolute atomic E-state index is 13.4. The van der Waals surface area contributed by atoms with Crippen LogP contribution in [0.25, 0.3) is 0 Å². The molecule has 2 amide bonds. The van der Waals surface area contributed by atoms with Crippen LogP contribution >= 0.6 is 35.0 Å². The van der Waals surface area contributed by atoms with E-state index in [4.69, 9.17) is 23.2 Å². The summed E-state index contributed by atoms with van der Waals surface area (Å²) in [6, 6.07) is 13.3. The molecule has 4 nitrogen and oxygen atoms in total. The van der Waals surface area contributed by atoms with Gasteiger partial charge < -0.3 is 10.2 Å². The van der Waals surface area contributed by atoms with E-state index in [2.05, 4.69) is 36.5 Å². The summed E-state index contributed by atoms with van der Waals surface area (Å²) in [7, 11) is 0. The molecule has 34 heavy (non-hydrogen) atoms. The number of carbonyl (C=O) groups excluding carboxylic acids is 2. The average Bonchev–Trinajstić information content (AvgIpc) is 2.83. The van der Waals surface area contributed by atoms with E-state index in [0.717, 1.165) is 36.1 Å². The van der Waals surface area contributed by atoms with Crippen LogP contribution in [0.15, 0.2) is 47.4 Å². The van der Waals surface area contributed by atoms with Crippen molar-refractivity contribution in [2.24, 2.45) is 0 Å². The number of nitrogens with zero attached hydrogens (tertiary/aromatic N) is 1. The van der Waals surface area contributed by atoms with Crippen LogP contribution in [0.5, 0.6) is 0 Å². The summed E-state index contributed by atoms with van der Waals surface area (Å²) in [6.45, 7) is 4.34. The first-order valence-electron chi connectivity index (χ1n) is 12.1. The van der Waals surface area contributed by atoms with Gasteiger partial charge in [-0.1, -0.05) is 73.2 Å². The molecule has 2 aromatic rings. The first-order valence-corrected chi connectivity index (χ1v) is 13.8.